The molecule has 0 aliphatic rings. The van der Waals surface area contributed by atoms with Gasteiger partial charge in [-0.2, -0.15) is 0 Å². The van der Waals surface area contributed by atoms with Gasteiger partial charge in [-0.1, -0.05) is 207 Å². The first-order chi connectivity index (χ1) is 24.5. The molecule has 0 saturated carbocycles. The Kier molecular flexibility index (Phi) is 38.9. The average molecular weight is 709 g/mol. The first-order valence-corrected chi connectivity index (χ1v) is 22.0. The van der Waals surface area contributed by atoms with E-state index in [-0.39, 0.29) is 31.1 Å². The number of unbranched alkanes of at least 4 members (excludes halogenated alkanes) is 29. The van der Waals surface area contributed by atoms with E-state index in [0.29, 0.717) is 19.3 Å². The minimum atomic E-state index is -0.755. The van der Waals surface area contributed by atoms with Crippen molar-refractivity contribution in [3.63, 3.8) is 0 Å². The van der Waals surface area contributed by atoms with Crippen molar-refractivity contribution in [2.75, 3.05) is 13.2 Å². The Morgan fingerprint density at radius 2 is 0.540 bits per heavy atom. The lowest BCUT2D eigenvalue weighted by atomic mass is 10.0. The number of carbonyl (C=O) groups excluding carboxylic acids is 3. The maximum Gasteiger partial charge on any atom is 0.306 e. The highest BCUT2D eigenvalue weighted by Crippen LogP contribution is 2.16. The van der Waals surface area contributed by atoms with E-state index in [0.717, 1.165) is 64.2 Å². The van der Waals surface area contributed by atoms with Crippen molar-refractivity contribution >= 4 is 17.9 Å². The van der Waals surface area contributed by atoms with Crippen molar-refractivity contribution in [2.45, 2.75) is 252 Å². The van der Waals surface area contributed by atoms with Gasteiger partial charge in [-0.3, -0.25) is 14.4 Å². The lowest BCUT2D eigenvalue weighted by Gasteiger charge is -2.18. The third-order valence-corrected chi connectivity index (χ3v) is 9.86. The van der Waals surface area contributed by atoms with Crippen LogP contribution in [0, 0.1) is 0 Å². The van der Waals surface area contributed by atoms with E-state index in [4.69, 9.17) is 14.2 Å². The maximum absolute atomic E-state index is 12.5. The Morgan fingerprint density at radius 3 is 0.800 bits per heavy atom. The second kappa shape index (κ2) is 40.2. The van der Waals surface area contributed by atoms with Crippen LogP contribution >= 0.6 is 0 Å². The lowest BCUT2D eigenvalue weighted by Crippen LogP contribution is -2.30. The highest BCUT2D eigenvalue weighted by molar-refractivity contribution is 5.71. The molecule has 0 aliphatic carbocycles. The van der Waals surface area contributed by atoms with E-state index in [1.165, 1.54) is 141 Å². The fraction of sp³-hybridized carbons (Fsp3) is 0.932. The molecule has 6 nitrogen and oxygen atoms in total. The van der Waals surface area contributed by atoms with Gasteiger partial charge in [0, 0.05) is 19.3 Å². The van der Waals surface area contributed by atoms with Crippen LogP contribution in [0.15, 0.2) is 0 Å². The number of hydrogen-bond acceptors (Lipinski definition) is 6. The van der Waals surface area contributed by atoms with Gasteiger partial charge in [0.2, 0.25) is 0 Å². The number of hydrogen-bond donors (Lipinski definition) is 0. The van der Waals surface area contributed by atoms with Crippen LogP contribution in [0.5, 0.6) is 0 Å². The molecule has 0 aromatic carbocycles. The molecule has 0 unspecified atom stereocenters. The predicted octanol–water partition coefficient (Wildman–Crippen LogP) is 13.7. The summed E-state index contributed by atoms with van der Waals surface area (Å²) in [4.78, 5) is 37.3. The highest BCUT2D eigenvalue weighted by Gasteiger charge is 2.19. The Hall–Kier alpha value is -1.59. The summed E-state index contributed by atoms with van der Waals surface area (Å²) in [7, 11) is 0. The van der Waals surface area contributed by atoms with Gasteiger partial charge in [0.15, 0.2) is 6.10 Å². The summed E-state index contributed by atoms with van der Waals surface area (Å²) in [6, 6.07) is 0. The van der Waals surface area contributed by atoms with Crippen LogP contribution in [0.25, 0.3) is 0 Å². The molecule has 0 fully saturated rings. The van der Waals surface area contributed by atoms with Crippen LogP contribution in [0.1, 0.15) is 245 Å². The minimum absolute atomic E-state index is 0.0646. The van der Waals surface area contributed by atoms with Gasteiger partial charge in [0.25, 0.3) is 0 Å². The lowest BCUT2D eigenvalue weighted by molar-refractivity contribution is -0.167. The zero-order valence-electron chi connectivity index (χ0n) is 33.7. The van der Waals surface area contributed by atoms with Crippen molar-refractivity contribution in [1.29, 1.82) is 0 Å². The standard InChI is InChI=1S/C44H84O6/c1-4-7-10-13-15-17-19-20-21-22-23-24-25-27-29-32-34-37-43(46)49-40-41(50-44(47)38-35-30-12-9-6-3)39-48-42(45)36-33-31-28-26-18-16-14-11-8-5-2/h41H,4-40H2,1-3H3/t41-/m1/s1. The number of ether oxygens (including phenoxy) is 3. The molecule has 50 heavy (non-hydrogen) atoms. The fourth-order valence-corrected chi connectivity index (χ4v) is 6.50. The molecule has 0 heterocycles. The number of rotatable bonds is 40. The molecule has 1 atom stereocenters. The normalized spacial score (nSPS) is 11.8. The molecule has 0 radical (unpaired) electrons. The zero-order valence-corrected chi connectivity index (χ0v) is 33.7. The van der Waals surface area contributed by atoms with Gasteiger partial charge < -0.3 is 14.2 Å². The maximum atomic E-state index is 12.5. The molecule has 0 amide bonds. The van der Waals surface area contributed by atoms with Gasteiger partial charge in [-0.15, -0.1) is 0 Å². The summed E-state index contributed by atoms with van der Waals surface area (Å²) in [5.41, 5.74) is 0. The second-order valence-electron chi connectivity index (χ2n) is 15.0. The summed E-state index contributed by atoms with van der Waals surface area (Å²) in [5.74, 6) is -0.871. The molecule has 0 aromatic rings. The molecule has 0 aliphatic heterocycles. The van der Waals surface area contributed by atoms with Gasteiger partial charge >= 0.3 is 17.9 Å². The van der Waals surface area contributed by atoms with Crippen molar-refractivity contribution in [2.24, 2.45) is 0 Å². The van der Waals surface area contributed by atoms with Crippen molar-refractivity contribution in [3.8, 4) is 0 Å². The van der Waals surface area contributed by atoms with Crippen molar-refractivity contribution in [1.82, 2.24) is 0 Å². The molecule has 296 valence electrons. The highest BCUT2D eigenvalue weighted by atomic mass is 16.6. The molecular formula is C44H84O6. The fourth-order valence-electron chi connectivity index (χ4n) is 6.50. The van der Waals surface area contributed by atoms with Gasteiger partial charge in [-0.25, -0.2) is 0 Å². The van der Waals surface area contributed by atoms with Gasteiger partial charge in [-0.05, 0) is 19.3 Å². The monoisotopic (exact) mass is 709 g/mol. The molecule has 0 aromatic heterocycles. The molecular weight excluding hydrogens is 624 g/mol. The van der Waals surface area contributed by atoms with Crippen LogP contribution in [-0.2, 0) is 28.6 Å². The Balaban J connectivity index is 4.10. The Labute approximate surface area is 310 Å². The van der Waals surface area contributed by atoms with E-state index in [9.17, 15) is 14.4 Å². The second-order valence-corrected chi connectivity index (χ2v) is 15.0. The van der Waals surface area contributed by atoms with Gasteiger partial charge in [0.05, 0.1) is 0 Å². The summed E-state index contributed by atoms with van der Waals surface area (Å²) < 4.78 is 16.6. The zero-order chi connectivity index (χ0) is 36.6. The molecule has 0 bridgehead atoms. The number of esters is 3. The Bertz CT molecular complexity index is 738. The molecule has 0 saturated heterocycles. The third-order valence-electron chi connectivity index (χ3n) is 9.86. The largest absolute Gasteiger partial charge is 0.462 e. The Morgan fingerprint density at radius 1 is 0.320 bits per heavy atom. The van der Waals surface area contributed by atoms with E-state index in [1.807, 2.05) is 0 Å². The average Bonchev–Trinajstić information content (AvgIpc) is 3.11. The SMILES string of the molecule is CCCCCCCCCCCCCCCCCCCC(=O)OC[C@@H](COC(=O)CCCCCCCCCCCC)OC(=O)CCCCCCC. The first kappa shape index (κ1) is 48.4. The van der Waals surface area contributed by atoms with E-state index >= 15 is 0 Å². The van der Waals surface area contributed by atoms with Crippen LogP contribution in [0.4, 0.5) is 0 Å². The van der Waals surface area contributed by atoms with Crippen LogP contribution in [0.2, 0.25) is 0 Å². The smallest absolute Gasteiger partial charge is 0.306 e. The predicted molar refractivity (Wildman–Crippen MR) is 210 cm³/mol. The van der Waals surface area contributed by atoms with Crippen LogP contribution in [-0.4, -0.2) is 37.2 Å². The third kappa shape index (κ3) is 37.7. The topological polar surface area (TPSA) is 78.9 Å². The molecule has 0 N–H and O–H groups in total. The summed E-state index contributed by atoms with van der Waals surface area (Å²) in [6.07, 6.45) is 39.8. The van der Waals surface area contributed by atoms with E-state index < -0.39 is 6.10 Å². The van der Waals surface area contributed by atoms with Crippen molar-refractivity contribution < 1.29 is 28.6 Å². The van der Waals surface area contributed by atoms with E-state index in [2.05, 4.69) is 20.8 Å². The summed E-state index contributed by atoms with van der Waals surface area (Å²) in [6.45, 7) is 6.56. The van der Waals surface area contributed by atoms with Gasteiger partial charge in [0.1, 0.15) is 13.2 Å². The molecule has 0 spiro atoms. The van der Waals surface area contributed by atoms with Crippen molar-refractivity contribution in [3.05, 3.63) is 0 Å². The molecule has 6 heteroatoms. The summed E-state index contributed by atoms with van der Waals surface area (Å²) in [5, 5.41) is 0. The quantitative estimate of drug-likeness (QED) is 0.0358. The summed E-state index contributed by atoms with van der Waals surface area (Å²) >= 11 is 0. The van der Waals surface area contributed by atoms with Crippen LogP contribution in [0.3, 0.4) is 0 Å². The van der Waals surface area contributed by atoms with E-state index in [1.54, 1.807) is 0 Å². The molecule has 0 rings (SSSR count). The van der Waals surface area contributed by atoms with Crippen LogP contribution < -0.4 is 0 Å². The minimum Gasteiger partial charge on any atom is -0.462 e. The first-order valence-electron chi connectivity index (χ1n) is 22.0. The number of carbonyl (C=O) groups is 3.